The number of imidazole rings is 1. The van der Waals surface area contributed by atoms with Gasteiger partial charge in [-0.15, -0.1) is 0 Å². The molecule has 0 bridgehead atoms. The van der Waals surface area contributed by atoms with E-state index in [1.54, 1.807) is 0 Å². The zero-order chi connectivity index (χ0) is 26.6. The number of rotatable bonds is 10. The first kappa shape index (κ1) is 27.0. The quantitative estimate of drug-likeness (QED) is 0.157. The first-order valence-electron chi connectivity index (χ1n) is 15.2. The highest BCUT2D eigenvalue weighted by Gasteiger charge is 2.31. The van der Waals surface area contributed by atoms with Gasteiger partial charge in [0.1, 0.15) is 5.52 Å². The van der Waals surface area contributed by atoms with Gasteiger partial charge in [0.25, 0.3) is 0 Å². The number of hydrogen-bond donors (Lipinski definition) is 3. The molecule has 5 rings (SSSR count). The maximum absolute atomic E-state index is 9.39. The molecule has 4 N–H and O–H groups in total. The predicted molar refractivity (Wildman–Crippen MR) is 154 cm³/mol. The van der Waals surface area contributed by atoms with E-state index < -0.39 is 0 Å². The lowest BCUT2D eigenvalue weighted by Crippen LogP contribution is -2.42. The first-order chi connectivity index (χ1) is 18.4. The van der Waals surface area contributed by atoms with Crippen LogP contribution in [0.25, 0.3) is 11.2 Å². The van der Waals surface area contributed by atoms with Gasteiger partial charge < -0.3 is 25.7 Å². The van der Waals surface area contributed by atoms with Gasteiger partial charge >= 0.3 is 0 Å². The van der Waals surface area contributed by atoms with Gasteiger partial charge in [0.05, 0.1) is 0 Å². The number of fused-ring (bicyclic) bond motifs is 1. The lowest BCUT2D eigenvalue weighted by atomic mass is 9.83. The molecule has 1 atom stereocenters. The molecule has 0 amide bonds. The van der Waals surface area contributed by atoms with Crippen molar-refractivity contribution in [2.75, 3.05) is 23.3 Å². The second-order valence-corrected chi connectivity index (χ2v) is 12.7. The Morgan fingerprint density at radius 3 is 2.50 bits per heavy atom. The molecule has 0 radical (unpaired) electrons. The fraction of sp³-hybridized carbons (Fsp3) is 0.793. The van der Waals surface area contributed by atoms with Gasteiger partial charge in [0, 0.05) is 25.7 Å². The molecule has 1 aliphatic heterocycles. The number of hydrogen-bond acceptors (Lipinski definition) is 7. The monoisotopic (exact) mass is 524 g/mol. The van der Waals surface area contributed by atoms with E-state index in [4.69, 9.17) is 20.7 Å². The average molecular weight is 525 g/mol. The van der Waals surface area contributed by atoms with Crippen molar-refractivity contribution >= 4 is 28.8 Å². The minimum Gasteiger partial charge on any atom is -0.409 e. The molecule has 0 aromatic carbocycles. The van der Waals surface area contributed by atoms with Crippen LogP contribution in [0.4, 0.5) is 11.8 Å². The van der Waals surface area contributed by atoms with Crippen LogP contribution in [0.2, 0.25) is 0 Å². The fourth-order valence-electron chi connectivity index (χ4n) is 6.70. The van der Waals surface area contributed by atoms with Gasteiger partial charge in [0.2, 0.25) is 17.6 Å². The second-order valence-electron chi connectivity index (χ2n) is 12.7. The van der Waals surface area contributed by atoms with E-state index in [2.05, 4.69) is 40.7 Å². The van der Waals surface area contributed by atoms with E-state index in [0.717, 1.165) is 61.6 Å². The number of nitrogens with zero attached hydrogens (tertiary/aromatic N) is 6. The summed E-state index contributed by atoms with van der Waals surface area (Å²) in [6.45, 7) is 9.83. The Labute approximate surface area is 227 Å². The third-order valence-corrected chi connectivity index (χ3v) is 9.19. The lowest BCUT2D eigenvalue weighted by molar-refractivity contribution is 0.265. The molecule has 3 fully saturated rings. The first-order valence-corrected chi connectivity index (χ1v) is 15.2. The normalized spacial score (nSPS) is 25.2. The molecule has 2 aromatic rings. The third kappa shape index (κ3) is 6.01. The van der Waals surface area contributed by atoms with Gasteiger partial charge in [-0.25, -0.2) is 9.97 Å². The Bertz CT molecular complexity index is 1100. The molecular weight excluding hydrogens is 476 g/mol. The Hall–Kier alpha value is -2.58. The molecule has 2 saturated carbocycles. The minimum atomic E-state index is -0.0815. The van der Waals surface area contributed by atoms with Gasteiger partial charge in [0.15, 0.2) is 11.5 Å². The maximum Gasteiger partial charge on any atom is 0.208 e. The van der Waals surface area contributed by atoms with E-state index in [9.17, 15) is 5.21 Å². The Morgan fingerprint density at radius 1 is 1.03 bits per heavy atom. The molecule has 2 aromatic heterocycles. The predicted octanol–water partition coefficient (Wildman–Crippen LogP) is 5.75. The van der Waals surface area contributed by atoms with E-state index in [0.29, 0.717) is 23.5 Å². The maximum atomic E-state index is 9.39. The van der Waals surface area contributed by atoms with Crippen LogP contribution in [0, 0.1) is 23.7 Å². The third-order valence-electron chi connectivity index (χ3n) is 9.19. The summed E-state index contributed by atoms with van der Waals surface area (Å²) >= 11 is 0. The zero-order valence-corrected chi connectivity index (χ0v) is 23.7. The fourth-order valence-corrected chi connectivity index (χ4v) is 6.70. The smallest absolute Gasteiger partial charge is 0.208 e. The highest BCUT2D eigenvalue weighted by Crippen LogP contribution is 2.36. The van der Waals surface area contributed by atoms with Crippen molar-refractivity contribution in [3.05, 3.63) is 5.82 Å². The van der Waals surface area contributed by atoms with Gasteiger partial charge in [-0.1, -0.05) is 58.0 Å². The molecule has 9 nitrogen and oxygen atoms in total. The number of aromatic nitrogens is 4. The summed E-state index contributed by atoms with van der Waals surface area (Å²) < 4.78 is 2.43. The number of piperidine rings is 1. The largest absolute Gasteiger partial charge is 0.409 e. The SMILES string of the molecule is CC(C)C[C@H]1CCCCN1c1nc2nc(C(N)=NO)nc(NCCC3CCC3)c2n1C[C@H]1CC[C@H](C)CC1. The standard InChI is InChI=1S/C29H48N8O/c1-19(2)17-23-9-4-5-16-36(23)29-34-27-24(37(29)18-22-12-10-20(3)11-13-22)26(31-15-14-21-7-6-8-21)32-28(33-27)25(30)35-38/h19-23,38H,4-18H2,1-3H3,(H2,30,35)(H,31,32,33)/t20-,22-,23-/m1/s1. The zero-order valence-electron chi connectivity index (χ0n) is 23.7. The van der Waals surface area contributed by atoms with Crippen molar-refractivity contribution < 1.29 is 5.21 Å². The summed E-state index contributed by atoms with van der Waals surface area (Å²) in [7, 11) is 0. The Morgan fingerprint density at radius 2 is 1.82 bits per heavy atom. The van der Waals surface area contributed by atoms with Crippen molar-refractivity contribution in [3.8, 4) is 0 Å². The topological polar surface area (TPSA) is 117 Å². The van der Waals surface area contributed by atoms with Crippen LogP contribution < -0.4 is 16.0 Å². The number of nitrogens with one attached hydrogen (secondary N) is 1. The molecule has 0 unspecified atom stereocenters. The van der Waals surface area contributed by atoms with Crippen molar-refractivity contribution in [2.24, 2.45) is 34.6 Å². The average Bonchev–Trinajstić information content (AvgIpc) is 3.24. The van der Waals surface area contributed by atoms with Gasteiger partial charge in [-0.2, -0.15) is 4.98 Å². The number of nitrogens with two attached hydrogens (primary N) is 1. The van der Waals surface area contributed by atoms with Gasteiger partial charge in [-0.3, -0.25) is 0 Å². The van der Waals surface area contributed by atoms with Crippen LogP contribution in [0.15, 0.2) is 5.16 Å². The highest BCUT2D eigenvalue weighted by atomic mass is 16.4. The summed E-state index contributed by atoms with van der Waals surface area (Å²) in [5, 5.41) is 16.2. The summed E-state index contributed by atoms with van der Waals surface area (Å²) in [6.07, 6.45) is 15.1. The van der Waals surface area contributed by atoms with Crippen molar-refractivity contribution in [2.45, 2.75) is 110 Å². The van der Waals surface area contributed by atoms with Crippen LogP contribution >= 0.6 is 0 Å². The van der Waals surface area contributed by atoms with Crippen LogP contribution in [0.1, 0.15) is 104 Å². The van der Waals surface area contributed by atoms with E-state index in [1.807, 2.05) is 0 Å². The van der Waals surface area contributed by atoms with Crippen LogP contribution in [0.5, 0.6) is 0 Å². The molecule has 1 saturated heterocycles. The number of amidine groups is 1. The van der Waals surface area contributed by atoms with Crippen molar-refractivity contribution in [3.63, 3.8) is 0 Å². The van der Waals surface area contributed by atoms with E-state index in [1.165, 1.54) is 64.2 Å². The number of oxime groups is 1. The lowest BCUT2D eigenvalue weighted by Gasteiger charge is -2.38. The van der Waals surface area contributed by atoms with E-state index >= 15 is 0 Å². The molecule has 38 heavy (non-hydrogen) atoms. The summed E-state index contributed by atoms with van der Waals surface area (Å²) in [4.78, 5) is 17.2. The molecule has 210 valence electrons. The molecule has 3 heterocycles. The molecule has 3 aliphatic rings. The van der Waals surface area contributed by atoms with Crippen LogP contribution in [0.3, 0.4) is 0 Å². The second kappa shape index (κ2) is 12.1. The minimum absolute atomic E-state index is 0.0815. The van der Waals surface area contributed by atoms with Crippen LogP contribution in [-0.2, 0) is 6.54 Å². The van der Waals surface area contributed by atoms with Crippen LogP contribution in [-0.4, -0.2) is 49.7 Å². The molecule has 0 spiro atoms. The highest BCUT2D eigenvalue weighted by molar-refractivity contribution is 5.97. The van der Waals surface area contributed by atoms with E-state index in [-0.39, 0.29) is 11.7 Å². The number of anilines is 2. The summed E-state index contributed by atoms with van der Waals surface area (Å²) in [6, 6.07) is 0.484. The van der Waals surface area contributed by atoms with Crippen molar-refractivity contribution in [1.82, 2.24) is 19.5 Å². The summed E-state index contributed by atoms with van der Waals surface area (Å²) in [5.74, 6) is 4.81. The molecule has 2 aliphatic carbocycles. The van der Waals surface area contributed by atoms with Gasteiger partial charge in [-0.05, 0) is 68.6 Å². The van der Waals surface area contributed by atoms with Crippen molar-refractivity contribution in [1.29, 1.82) is 0 Å². The summed E-state index contributed by atoms with van der Waals surface area (Å²) in [5.41, 5.74) is 7.60. The Kier molecular flexibility index (Phi) is 8.58. The Balaban J connectivity index is 1.57. The molecule has 9 heteroatoms. The molecular formula is C29H48N8O.